The van der Waals surface area contributed by atoms with Gasteiger partial charge in [0.05, 0.1) is 18.3 Å². The summed E-state index contributed by atoms with van der Waals surface area (Å²) in [5, 5.41) is 22.7. The van der Waals surface area contributed by atoms with Crippen molar-refractivity contribution in [1.29, 1.82) is 0 Å². The number of rotatable bonds is 7. The van der Waals surface area contributed by atoms with Gasteiger partial charge in [-0.25, -0.2) is 4.98 Å². The van der Waals surface area contributed by atoms with Crippen LogP contribution in [0.5, 0.6) is 0 Å². The second-order valence-corrected chi connectivity index (χ2v) is 12.2. The maximum absolute atomic E-state index is 12.7. The summed E-state index contributed by atoms with van der Waals surface area (Å²) in [6.07, 6.45) is 2.65. The van der Waals surface area contributed by atoms with Crippen LogP contribution in [0.1, 0.15) is 37.9 Å². The van der Waals surface area contributed by atoms with E-state index in [-0.39, 0.29) is 29.9 Å². The monoisotopic (exact) mass is 503 g/mol. The van der Waals surface area contributed by atoms with Crippen LogP contribution >= 0.6 is 11.9 Å². The molecule has 1 saturated heterocycles. The average Bonchev–Trinajstić information content (AvgIpc) is 3.36. The summed E-state index contributed by atoms with van der Waals surface area (Å²) in [5.74, 6) is 2.16. The van der Waals surface area contributed by atoms with Gasteiger partial charge in [-0.05, 0) is 53.5 Å². The van der Waals surface area contributed by atoms with E-state index in [1.165, 1.54) is 23.2 Å². The first kappa shape index (κ1) is 24.0. The number of fused-ring (bicyclic) bond motifs is 3. The highest BCUT2D eigenvalue weighted by Gasteiger charge is 2.45. The van der Waals surface area contributed by atoms with E-state index in [0.29, 0.717) is 28.8 Å². The quantitative estimate of drug-likeness (QED) is 0.298. The lowest BCUT2D eigenvalue weighted by Crippen LogP contribution is -2.45. The Bertz CT molecular complexity index is 1030. The fraction of sp³-hybridized carbons (Fsp3) is 0.583. The Morgan fingerprint density at radius 3 is 2.68 bits per heavy atom. The average molecular weight is 504 g/mol. The van der Waals surface area contributed by atoms with Crippen LogP contribution in [0.3, 0.4) is 0 Å². The molecule has 184 valence electrons. The van der Waals surface area contributed by atoms with Gasteiger partial charge >= 0.3 is 0 Å². The minimum absolute atomic E-state index is 0.00753. The van der Waals surface area contributed by atoms with E-state index in [1.807, 2.05) is 0 Å². The highest BCUT2D eigenvalue weighted by Crippen LogP contribution is 2.49. The van der Waals surface area contributed by atoms with E-state index < -0.39 is 11.2 Å². The number of aliphatic hydroxyl groups excluding tert-OH is 2. The number of nitrogens with zero attached hydrogens (tertiary/aromatic N) is 4. The molecule has 10 heteroatoms. The minimum atomic E-state index is -1.11. The second-order valence-electron chi connectivity index (χ2n) is 9.70. The van der Waals surface area contributed by atoms with Crippen LogP contribution < -0.4 is 14.5 Å². The molecule has 0 amide bonds. The zero-order chi connectivity index (χ0) is 23.9. The van der Waals surface area contributed by atoms with E-state index in [0.717, 1.165) is 38.2 Å². The van der Waals surface area contributed by atoms with Crippen LogP contribution in [0, 0.1) is 5.92 Å². The number of aliphatic hydroxyl groups is 2. The molecule has 34 heavy (non-hydrogen) atoms. The Labute approximate surface area is 208 Å². The lowest BCUT2D eigenvalue weighted by atomic mass is 9.74. The number of benzene rings is 1. The molecule has 0 aliphatic carbocycles. The van der Waals surface area contributed by atoms with Gasteiger partial charge in [-0.3, -0.25) is 0 Å². The van der Waals surface area contributed by atoms with Gasteiger partial charge in [-0.15, -0.1) is 0 Å². The summed E-state index contributed by atoms with van der Waals surface area (Å²) in [6, 6.07) is 8.39. The first-order valence-electron chi connectivity index (χ1n) is 12.0. The van der Waals surface area contributed by atoms with Crippen molar-refractivity contribution < 1.29 is 14.8 Å². The molecule has 1 aromatic heterocycles. The van der Waals surface area contributed by atoms with Crippen molar-refractivity contribution in [2.45, 2.75) is 49.5 Å². The molecule has 1 fully saturated rings. The number of hydrogen-bond donors (Lipinski definition) is 3. The predicted octanol–water partition coefficient (Wildman–Crippen LogP) is 2.53. The van der Waals surface area contributed by atoms with Crippen molar-refractivity contribution in [3.05, 3.63) is 35.5 Å². The highest BCUT2D eigenvalue weighted by molar-refractivity contribution is 8.00. The van der Waals surface area contributed by atoms with E-state index in [9.17, 15) is 14.8 Å². The number of aromatic nitrogens is 2. The topological polar surface area (TPSA) is 108 Å². The number of anilines is 3. The highest BCUT2D eigenvalue weighted by atomic mass is 32.2. The smallest absolute Gasteiger partial charge is 0.227 e. The van der Waals surface area contributed by atoms with Gasteiger partial charge in [0.2, 0.25) is 10.8 Å². The number of hydrogen-bond acceptors (Lipinski definition) is 9. The summed E-state index contributed by atoms with van der Waals surface area (Å²) in [5.41, 5.74) is 3.50. The zero-order valence-electron chi connectivity index (χ0n) is 19.7. The van der Waals surface area contributed by atoms with Crippen LogP contribution in [0.2, 0.25) is 0 Å². The maximum Gasteiger partial charge on any atom is 0.227 e. The Balaban J connectivity index is 1.39. The number of para-hydroxylation sites is 1. The molecule has 0 bridgehead atoms. The molecule has 8 nitrogen and oxygen atoms in total. The summed E-state index contributed by atoms with van der Waals surface area (Å²) in [4.78, 5) is 12.6. The summed E-state index contributed by atoms with van der Waals surface area (Å²) in [7, 11) is 0. The normalized spacial score (nSPS) is 21.8. The third-order valence-electron chi connectivity index (χ3n) is 7.41. The van der Waals surface area contributed by atoms with Crippen LogP contribution in [-0.2, 0) is 23.0 Å². The molecule has 3 aliphatic rings. The third kappa shape index (κ3) is 4.24. The largest absolute Gasteiger partial charge is 0.611 e. The van der Waals surface area contributed by atoms with Gasteiger partial charge < -0.3 is 29.3 Å². The maximum atomic E-state index is 12.7. The van der Waals surface area contributed by atoms with Crippen molar-refractivity contribution in [3.8, 4) is 0 Å². The first-order valence-corrected chi connectivity index (χ1v) is 14.2. The molecular weight excluding hydrogens is 470 g/mol. The molecule has 1 unspecified atom stereocenters. The van der Waals surface area contributed by atoms with E-state index in [1.54, 1.807) is 0 Å². The summed E-state index contributed by atoms with van der Waals surface area (Å²) < 4.78 is 14.9. The molecule has 1 aromatic carbocycles. The standard InChI is InChI=1S/C24H33N5O3S2/c1-16(2)19(13-30)25-22-21-18(7-12-34(21)32)26-23(27-22)28-10-8-24(9-11-28)14-29(33-15-31)20-6-4-3-5-17(20)24/h3-6,16,19,30-31H,7-15H2,1-2H3,(H,25,26,27)/t19-,34?/m0/s1. The van der Waals surface area contributed by atoms with E-state index >= 15 is 0 Å². The third-order valence-corrected chi connectivity index (χ3v) is 9.62. The lowest BCUT2D eigenvalue weighted by molar-refractivity contribution is 0.248. The van der Waals surface area contributed by atoms with Gasteiger partial charge in [0.25, 0.3) is 0 Å². The fourth-order valence-corrected chi connectivity index (χ4v) is 7.44. The lowest BCUT2D eigenvalue weighted by Gasteiger charge is -2.40. The Morgan fingerprint density at radius 1 is 1.21 bits per heavy atom. The SMILES string of the molecule is CC(C)[C@H](CO)Nc1nc(N2CCC3(CC2)CN(SCO)c2ccccc23)nc2c1[S+]([O-])CC2. The molecule has 3 aliphatic heterocycles. The van der Waals surface area contributed by atoms with Crippen molar-refractivity contribution in [3.63, 3.8) is 0 Å². The van der Waals surface area contributed by atoms with Crippen molar-refractivity contribution in [2.75, 3.05) is 52.5 Å². The molecule has 2 aromatic rings. The summed E-state index contributed by atoms with van der Waals surface area (Å²) >= 11 is 0.357. The number of aryl methyl sites for hydroxylation is 1. The van der Waals surface area contributed by atoms with E-state index in [4.69, 9.17) is 9.97 Å². The molecule has 0 saturated carbocycles. The molecule has 4 heterocycles. The van der Waals surface area contributed by atoms with Crippen LogP contribution in [-0.4, -0.2) is 68.7 Å². The molecule has 5 rings (SSSR count). The van der Waals surface area contributed by atoms with E-state index in [2.05, 4.69) is 52.6 Å². The first-order chi connectivity index (χ1) is 16.5. The Kier molecular flexibility index (Phi) is 6.87. The van der Waals surface area contributed by atoms with Gasteiger partial charge in [-0.2, -0.15) is 4.98 Å². The molecular formula is C24H33N5O3S2. The number of piperidine rings is 1. The van der Waals surface area contributed by atoms with Gasteiger partial charge in [0, 0.05) is 31.5 Å². The number of nitrogens with one attached hydrogen (secondary N) is 1. The van der Waals surface area contributed by atoms with Gasteiger partial charge in [-0.1, -0.05) is 32.0 Å². The van der Waals surface area contributed by atoms with Crippen LogP contribution in [0.4, 0.5) is 17.5 Å². The Hall–Kier alpha value is -1.72. The van der Waals surface area contributed by atoms with Gasteiger partial charge in [0.1, 0.15) is 17.4 Å². The second kappa shape index (κ2) is 9.73. The molecule has 0 radical (unpaired) electrons. The van der Waals surface area contributed by atoms with Gasteiger partial charge in [0.15, 0.2) is 5.82 Å². The van der Waals surface area contributed by atoms with Crippen LogP contribution in [0.15, 0.2) is 29.2 Å². The van der Waals surface area contributed by atoms with Crippen molar-refractivity contribution in [1.82, 2.24) is 9.97 Å². The Morgan fingerprint density at radius 2 is 1.97 bits per heavy atom. The predicted molar refractivity (Wildman–Crippen MR) is 138 cm³/mol. The summed E-state index contributed by atoms with van der Waals surface area (Å²) in [6.45, 7) is 6.66. The van der Waals surface area contributed by atoms with Crippen molar-refractivity contribution in [2.24, 2.45) is 5.92 Å². The van der Waals surface area contributed by atoms with Crippen LogP contribution in [0.25, 0.3) is 0 Å². The molecule has 1 spiro atoms. The minimum Gasteiger partial charge on any atom is -0.611 e. The fourth-order valence-electron chi connectivity index (χ4n) is 5.35. The molecule has 3 N–H and O–H groups in total. The zero-order valence-corrected chi connectivity index (χ0v) is 21.4. The van der Waals surface area contributed by atoms with Crippen molar-refractivity contribution >= 4 is 40.6 Å². The molecule has 2 atom stereocenters.